The minimum atomic E-state index is -0.921. The largest absolute Gasteiger partial charge is 0.475 e. The third-order valence-electron chi connectivity index (χ3n) is 5.46. The van der Waals surface area contributed by atoms with Crippen LogP contribution in [0.15, 0.2) is 115 Å². The van der Waals surface area contributed by atoms with E-state index >= 15 is 0 Å². The zero-order valence-corrected chi connectivity index (χ0v) is 19.3. The van der Waals surface area contributed by atoms with Crippen LogP contribution in [-0.4, -0.2) is 18.4 Å². The second kappa shape index (κ2) is 12.2. The maximum absolute atomic E-state index is 13.2. The molecule has 0 saturated heterocycles. The summed E-state index contributed by atoms with van der Waals surface area (Å²) in [5.74, 6) is -0.502. The number of hydrogen-bond donors (Lipinski definition) is 1. The van der Waals surface area contributed by atoms with Gasteiger partial charge < -0.3 is 14.8 Å². The molecule has 176 valence electrons. The van der Waals surface area contributed by atoms with Gasteiger partial charge in [-0.15, -0.1) is 0 Å². The van der Waals surface area contributed by atoms with Crippen molar-refractivity contribution < 1.29 is 19.1 Å². The number of carbonyl (C=O) groups is 2. The van der Waals surface area contributed by atoms with Crippen LogP contribution in [0.5, 0.6) is 5.75 Å². The van der Waals surface area contributed by atoms with Crippen LogP contribution >= 0.6 is 0 Å². The van der Waals surface area contributed by atoms with E-state index in [4.69, 9.17) is 9.47 Å². The lowest BCUT2D eigenvalue weighted by Crippen LogP contribution is -2.34. The molecule has 0 heterocycles. The van der Waals surface area contributed by atoms with Gasteiger partial charge in [0.15, 0.2) is 0 Å². The van der Waals surface area contributed by atoms with Crippen molar-refractivity contribution >= 4 is 11.9 Å². The van der Waals surface area contributed by atoms with Crippen LogP contribution in [0.1, 0.15) is 33.2 Å². The van der Waals surface area contributed by atoms with Crippen LogP contribution in [-0.2, 0) is 22.6 Å². The Labute approximate surface area is 205 Å². The number of carbonyl (C=O) groups excluding carboxylic acids is 2. The van der Waals surface area contributed by atoms with E-state index in [1.807, 2.05) is 91.0 Å². The molecule has 0 radical (unpaired) electrons. The van der Waals surface area contributed by atoms with Crippen molar-refractivity contribution in [3.63, 3.8) is 0 Å². The Balaban J connectivity index is 1.48. The molecule has 35 heavy (non-hydrogen) atoms. The van der Waals surface area contributed by atoms with Crippen molar-refractivity contribution in [2.24, 2.45) is 0 Å². The standard InChI is InChI=1S/C30H27NO4/c32-29(31-21-20-23-12-4-1-5-13-23)28(25-16-8-3-9-17-25)35-27-19-11-10-18-26(27)30(33)34-22-24-14-6-2-7-15-24/h1-19,28H,20-22H2,(H,31,32). The molecule has 5 heteroatoms. The molecule has 0 bridgehead atoms. The fraction of sp³-hybridized carbons (Fsp3) is 0.133. The predicted octanol–water partition coefficient (Wildman–Crippen LogP) is 5.52. The fourth-order valence-electron chi connectivity index (χ4n) is 3.63. The lowest BCUT2D eigenvalue weighted by atomic mass is 10.1. The molecular weight excluding hydrogens is 438 g/mol. The summed E-state index contributed by atoms with van der Waals surface area (Å²) in [5, 5.41) is 2.97. The van der Waals surface area contributed by atoms with Crippen molar-refractivity contribution in [2.75, 3.05) is 6.54 Å². The molecule has 0 fully saturated rings. The van der Waals surface area contributed by atoms with Gasteiger partial charge in [0.25, 0.3) is 5.91 Å². The average molecular weight is 466 g/mol. The van der Waals surface area contributed by atoms with Gasteiger partial charge in [-0.25, -0.2) is 4.79 Å². The van der Waals surface area contributed by atoms with Gasteiger partial charge in [-0.05, 0) is 29.7 Å². The van der Waals surface area contributed by atoms with Gasteiger partial charge in [0.1, 0.15) is 17.9 Å². The van der Waals surface area contributed by atoms with Gasteiger partial charge in [-0.2, -0.15) is 0 Å². The molecule has 5 nitrogen and oxygen atoms in total. The summed E-state index contributed by atoms with van der Waals surface area (Å²) in [6.07, 6.45) is -0.216. The van der Waals surface area contributed by atoms with Gasteiger partial charge >= 0.3 is 5.97 Å². The van der Waals surface area contributed by atoms with Gasteiger partial charge in [0.05, 0.1) is 0 Å². The van der Waals surface area contributed by atoms with Crippen LogP contribution in [0.3, 0.4) is 0 Å². The monoisotopic (exact) mass is 465 g/mol. The highest BCUT2D eigenvalue weighted by Crippen LogP contribution is 2.27. The number of esters is 1. The Kier molecular flexibility index (Phi) is 8.28. The number of para-hydroxylation sites is 1. The van der Waals surface area contributed by atoms with E-state index in [1.54, 1.807) is 24.3 Å². The first-order valence-corrected chi connectivity index (χ1v) is 11.5. The molecule has 0 spiro atoms. The molecule has 1 N–H and O–H groups in total. The summed E-state index contributed by atoms with van der Waals surface area (Å²) in [4.78, 5) is 26.0. The first kappa shape index (κ1) is 23.8. The summed E-state index contributed by atoms with van der Waals surface area (Å²) in [7, 11) is 0. The normalized spacial score (nSPS) is 11.3. The molecule has 0 aliphatic heterocycles. The van der Waals surface area contributed by atoms with Crippen LogP contribution in [0.2, 0.25) is 0 Å². The number of amides is 1. The predicted molar refractivity (Wildman–Crippen MR) is 135 cm³/mol. The Morgan fingerprint density at radius 3 is 1.94 bits per heavy atom. The van der Waals surface area contributed by atoms with E-state index in [9.17, 15) is 9.59 Å². The van der Waals surface area contributed by atoms with Crippen LogP contribution in [0.25, 0.3) is 0 Å². The Hall–Kier alpha value is -4.38. The van der Waals surface area contributed by atoms with Crippen molar-refractivity contribution in [1.29, 1.82) is 0 Å². The van der Waals surface area contributed by atoms with E-state index in [1.165, 1.54) is 0 Å². The van der Waals surface area contributed by atoms with Crippen LogP contribution in [0.4, 0.5) is 0 Å². The molecule has 4 aromatic carbocycles. The fourth-order valence-corrected chi connectivity index (χ4v) is 3.63. The van der Waals surface area contributed by atoms with E-state index < -0.39 is 12.1 Å². The Morgan fingerprint density at radius 1 is 0.686 bits per heavy atom. The summed E-state index contributed by atoms with van der Waals surface area (Å²) >= 11 is 0. The topological polar surface area (TPSA) is 64.6 Å². The molecule has 4 aromatic rings. The molecule has 0 aliphatic carbocycles. The highest BCUT2D eigenvalue weighted by Gasteiger charge is 2.25. The number of hydrogen-bond acceptors (Lipinski definition) is 4. The molecule has 4 rings (SSSR count). The minimum Gasteiger partial charge on any atom is -0.475 e. The second-order valence-corrected chi connectivity index (χ2v) is 7.99. The van der Waals surface area contributed by atoms with E-state index in [0.29, 0.717) is 18.5 Å². The minimum absolute atomic E-state index is 0.149. The molecule has 0 saturated carbocycles. The van der Waals surface area contributed by atoms with Crippen LogP contribution < -0.4 is 10.1 Å². The number of nitrogens with one attached hydrogen (secondary N) is 1. The highest BCUT2D eigenvalue weighted by atomic mass is 16.5. The van der Waals surface area contributed by atoms with Crippen molar-refractivity contribution in [3.8, 4) is 5.75 Å². The summed E-state index contributed by atoms with van der Waals surface area (Å²) < 4.78 is 11.7. The van der Waals surface area contributed by atoms with E-state index in [-0.39, 0.29) is 23.8 Å². The molecular formula is C30H27NO4. The van der Waals surface area contributed by atoms with Gasteiger partial charge in [-0.3, -0.25) is 4.79 Å². The Bertz CT molecular complexity index is 1230. The van der Waals surface area contributed by atoms with Crippen molar-refractivity contribution in [3.05, 3.63) is 138 Å². The SMILES string of the molecule is O=C(OCc1ccccc1)c1ccccc1OC(C(=O)NCCc1ccccc1)c1ccccc1. The smallest absolute Gasteiger partial charge is 0.342 e. The van der Waals surface area contributed by atoms with Gasteiger partial charge in [0, 0.05) is 12.1 Å². The van der Waals surface area contributed by atoms with E-state index in [0.717, 1.165) is 11.1 Å². The summed E-state index contributed by atoms with van der Waals surface area (Å²) in [5.41, 5.74) is 2.98. The first-order chi connectivity index (χ1) is 17.2. The number of ether oxygens (including phenoxy) is 2. The average Bonchev–Trinajstić information content (AvgIpc) is 2.92. The van der Waals surface area contributed by atoms with Crippen LogP contribution in [0, 0.1) is 0 Å². The third kappa shape index (κ3) is 6.81. The number of rotatable bonds is 10. The molecule has 1 unspecified atom stereocenters. The van der Waals surface area contributed by atoms with Gasteiger partial charge in [0.2, 0.25) is 6.10 Å². The molecule has 0 aliphatic rings. The first-order valence-electron chi connectivity index (χ1n) is 11.5. The van der Waals surface area contributed by atoms with Gasteiger partial charge in [-0.1, -0.05) is 103 Å². The number of benzene rings is 4. The van der Waals surface area contributed by atoms with E-state index in [2.05, 4.69) is 5.32 Å². The molecule has 0 aromatic heterocycles. The summed E-state index contributed by atoms with van der Waals surface area (Å²) in [6, 6.07) is 35.5. The maximum atomic E-state index is 13.2. The lowest BCUT2D eigenvalue weighted by molar-refractivity contribution is -0.128. The lowest BCUT2D eigenvalue weighted by Gasteiger charge is -2.21. The Morgan fingerprint density at radius 2 is 1.26 bits per heavy atom. The maximum Gasteiger partial charge on any atom is 0.342 e. The third-order valence-corrected chi connectivity index (χ3v) is 5.46. The van der Waals surface area contributed by atoms with Crippen molar-refractivity contribution in [1.82, 2.24) is 5.32 Å². The highest BCUT2D eigenvalue weighted by molar-refractivity contribution is 5.93. The zero-order valence-electron chi connectivity index (χ0n) is 19.3. The summed E-state index contributed by atoms with van der Waals surface area (Å²) in [6.45, 7) is 0.617. The molecule has 1 amide bonds. The quantitative estimate of drug-likeness (QED) is 0.313. The van der Waals surface area contributed by atoms with Crippen molar-refractivity contribution in [2.45, 2.75) is 19.1 Å². The second-order valence-electron chi connectivity index (χ2n) is 7.99. The molecule has 1 atom stereocenters. The zero-order chi connectivity index (χ0) is 24.3.